The summed E-state index contributed by atoms with van der Waals surface area (Å²) in [6.07, 6.45) is 37.8. The van der Waals surface area contributed by atoms with Crippen LogP contribution in [-0.4, -0.2) is 69.1 Å². The van der Waals surface area contributed by atoms with Gasteiger partial charge < -0.3 is 20.1 Å². The monoisotopic (exact) mass is 665 g/mol. The van der Waals surface area contributed by atoms with Gasteiger partial charge in [0.05, 0.1) is 25.4 Å². The number of unbranched alkanes of at least 4 members (excludes halogenated alkanes) is 22. The lowest BCUT2D eigenvalue weighted by molar-refractivity contribution is 0.0219. The fourth-order valence-electron chi connectivity index (χ4n) is 6.04. The predicted molar refractivity (Wildman–Crippen MR) is 191 cm³/mol. The molecule has 272 valence electrons. The Kier molecular flexibility index (Phi) is 34.8. The van der Waals surface area contributed by atoms with Gasteiger partial charge in [-0.25, -0.2) is 0 Å². The first-order valence-corrected chi connectivity index (χ1v) is 20.6. The van der Waals surface area contributed by atoms with Crippen molar-refractivity contribution < 1.29 is 27.0 Å². The molecule has 0 bridgehead atoms. The van der Waals surface area contributed by atoms with E-state index in [0.29, 0.717) is 12.2 Å². The lowest BCUT2D eigenvalue weighted by Gasteiger charge is -2.23. The average molecular weight is 665 g/mol. The van der Waals surface area contributed by atoms with Gasteiger partial charge in [-0.1, -0.05) is 168 Å². The smallest absolute Gasteiger partial charge is 0.376 e. The van der Waals surface area contributed by atoms with E-state index >= 15 is 0 Å². The number of hydrogen-bond donors (Lipinski definition) is 4. The summed E-state index contributed by atoms with van der Waals surface area (Å²) in [4.78, 5) is 0. The molecule has 2 fully saturated rings. The molecule has 0 amide bonds. The Morgan fingerprint density at radius 3 is 0.956 bits per heavy atom. The molecule has 0 saturated carbocycles. The van der Waals surface area contributed by atoms with Crippen LogP contribution in [0.25, 0.3) is 0 Å². The number of morpholine rings is 2. The molecule has 0 aromatic rings. The van der Waals surface area contributed by atoms with Crippen molar-refractivity contribution in [3.8, 4) is 0 Å². The molecular weight excluding hydrogens is 588 g/mol. The molecule has 2 heterocycles. The highest BCUT2D eigenvalue weighted by atomic mass is 32.3. The van der Waals surface area contributed by atoms with Gasteiger partial charge >= 0.3 is 10.4 Å². The summed E-state index contributed by atoms with van der Waals surface area (Å²) in [6.45, 7) is 10.6. The Balaban J connectivity index is 0.000000748. The maximum Gasteiger partial charge on any atom is 0.394 e. The highest BCUT2D eigenvalue weighted by Crippen LogP contribution is 2.15. The van der Waals surface area contributed by atoms with Crippen LogP contribution in [0, 0.1) is 0 Å². The van der Waals surface area contributed by atoms with Gasteiger partial charge in [-0.05, 0) is 12.8 Å². The van der Waals surface area contributed by atoms with Crippen LogP contribution in [-0.2, 0) is 19.9 Å². The second-order valence-electron chi connectivity index (χ2n) is 13.2. The van der Waals surface area contributed by atoms with Gasteiger partial charge in [0, 0.05) is 26.2 Å². The SMILES string of the molecule is CCCCCCCCCCCCCCC1CNCCO1.CCCCCCCCCCCCCCC1CNCCO1.O=S(=O)(O)O. The van der Waals surface area contributed by atoms with Crippen molar-refractivity contribution >= 4 is 10.4 Å². The van der Waals surface area contributed by atoms with E-state index in [2.05, 4.69) is 24.5 Å². The molecule has 0 aromatic carbocycles. The molecule has 2 atom stereocenters. The van der Waals surface area contributed by atoms with Crippen molar-refractivity contribution in [3.05, 3.63) is 0 Å². The summed E-state index contributed by atoms with van der Waals surface area (Å²) in [5.41, 5.74) is 0. The second-order valence-corrected chi connectivity index (χ2v) is 14.1. The van der Waals surface area contributed by atoms with E-state index in [0.717, 1.165) is 39.4 Å². The Morgan fingerprint density at radius 2 is 0.733 bits per heavy atom. The molecule has 0 aromatic heterocycles. The number of nitrogens with one attached hydrogen (secondary N) is 2. The Bertz CT molecular complexity index is 620. The van der Waals surface area contributed by atoms with Gasteiger partial charge in [0.1, 0.15) is 0 Å². The summed E-state index contributed by atoms with van der Waals surface area (Å²) in [6, 6.07) is 0. The van der Waals surface area contributed by atoms with Gasteiger partial charge in [-0.3, -0.25) is 9.11 Å². The molecule has 0 radical (unpaired) electrons. The van der Waals surface area contributed by atoms with Crippen LogP contribution in [0.4, 0.5) is 0 Å². The molecule has 2 saturated heterocycles. The summed E-state index contributed by atoms with van der Waals surface area (Å²) < 4.78 is 43.0. The summed E-state index contributed by atoms with van der Waals surface area (Å²) >= 11 is 0. The molecule has 2 rings (SSSR count). The largest absolute Gasteiger partial charge is 0.394 e. The Labute approximate surface area is 279 Å². The van der Waals surface area contributed by atoms with Crippen molar-refractivity contribution in [1.29, 1.82) is 0 Å². The van der Waals surface area contributed by atoms with Crippen molar-refractivity contribution in [3.63, 3.8) is 0 Å². The van der Waals surface area contributed by atoms with Crippen LogP contribution in [0.3, 0.4) is 0 Å². The van der Waals surface area contributed by atoms with Crippen molar-refractivity contribution in [2.75, 3.05) is 39.4 Å². The quantitative estimate of drug-likeness (QED) is 0.0534. The Hall–Kier alpha value is -0.290. The van der Waals surface area contributed by atoms with Crippen LogP contribution in [0.1, 0.15) is 181 Å². The fourth-order valence-corrected chi connectivity index (χ4v) is 6.04. The van der Waals surface area contributed by atoms with Crippen LogP contribution < -0.4 is 10.6 Å². The highest BCUT2D eigenvalue weighted by Gasteiger charge is 2.13. The van der Waals surface area contributed by atoms with Crippen LogP contribution in [0.2, 0.25) is 0 Å². The third-order valence-electron chi connectivity index (χ3n) is 8.77. The standard InChI is InChI=1S/2C18H37NO.H2O4S/c2*1-2-3-4-5-6-7-8-9-10-11-12-13-14-18-17-19-15-16-20-18;1-5(2,3)4/h2*18-19H,2-17H2,1H3;(H2,1,2,3,4). The van der Waals surface area contributed by atoms with E-state index in [1.54, 1.807) is 0 Å². The van der Waals surface area contributed by atoms with E-state index in [9.17, 15) is 0 Å². The molecule has 2 aliphatic heterocycles. The third-order valence-corrected chi connectivity index (χ3v) is 8.77. The lowest BCUT2D eigenvalue weighted by atomic mass is 10.0. The number of hydrogen-bond acceptors (Lipinski definition) is 6. The highest BCUT2D eigenvalue weighted by molar-refractivity contribution is 7.79. The predicted octanol–water partition coefficient (Wildman–Crippen LogP) is 9.48. The van der Waals surface area contributed by atoms with Gasteiger partial charge in [-0.15, -0.1) is 0 Å². The third kappa shape index (κ3) is 39.8. The average Bonchev–Trinajstić information content (AvgIpc) is 3.03. The molecule has 2 unspecified atom stereocenters. The van der Waals surface area contributed by atoms with E-state index in [4.69, 9.17) is 27.0 Å². The van der Waals surface area contributed by atoms with E-state index in [1.165, 1.54) is 167 Å². The molecule has 45 heavy (non-hydrogen) atoms. The zero-order valence-electron chi connectivity index (χ0n) is 29.7. The normalized spacial score (nSPS) is 18.5. The topological polar surface area (TPSA) is 117 Å². The second kappa shape index (κ2) is 35.0. The Morgan fingerprint density at radius 1 is 0.489 bits per heavy atom. The zero-order chi connectivity index (χ0) is 33.1. The summed E-state index contributed by atoms with van der Waals surface area (Å²) in [5.74, 6) is 0. The number of rotatable bonds is 26. The van der Waals surface area contributed by atoms with Gasteiger partial charge in [0.2, 0.25) is 0 Å². The van der Waals surface area contributed by atoms with E-state index < -0.39 is 10.4 Å². The summed E-state index contributed by atoms with van der Waals surface area (Å²) in [7, 11) is -4.67. The van der Waals surface area contributed by atoms with Crippen LogP contribution in [0.15, 0.2) is 0 Å². The molecule has 2 aliphatic rings. The molecule has 0 aliphatic carbocycles. The van der Waals surface area contributed by atoms with Gasteiger partial charge in [0.15, 0.2) is 0 Å². The fraction of sp³-hybridized carbons (Fsp3) is 1.00. The molecule has 4 N–H and O–H groups in total. The van der Waals surface area contributed by atoms with E-state index in [-0.39, 0.29) is 0 Å². The minimum Gasteiger partial charge on any atom is -0.376 e. The molecule has 8 nitrogen and oxygen atoms in total. The maximum absolute atomic E-state index is 8.74. The van der Waals surface area contributed by atoms with Crippen LogP contribution >= 0.6 is 0 Å². The first kappa shape index (κ1) is 44.7. The summed E-state index contributed by atoms with van der Waals surface area (Å²) in [5, 5.41) is 6.81. The first-order chi connectivity index (χ1) is 21.9. The van der Waals surface area contributed by atoms with Gasteiger partial charge in [-0.2, -0.15) is 8.42 Å². The van der Waals surface area contributed by atoms with Crippen molar-refractivity contribution in [2.45, 2.75) is 193 Å². The minimum atomic E-state index is -4.67. The molecule has 0 spiro atoms. The maximum atomic E-state index is 8.74. The van der Waals surface area contributed by atoms with Gasteiger partial charge in [0.25, 0.3) is 0 Å². The van der Waals surface area contributed by atoms with Crippen molar-refractivity contribution in [1.82, 2.24) is 10.6 Å². The van der Waals surface area contributed by atoms with Crippen LogP contribution in [0.5, 0.6) is 0 Å². The lowest BCUT2D eigenvalue weighted by Crippen LogP contribution is -2.38. The molecule has 9 heteroatoms. The van der Waals surface area contributed by atoms with E-state index in [1.807, 2.05) is 0 Å². The zero-order valence-corrected chi connectivity index (χ0v) is 30.5. The number of ether oxygens (including phenoxy) is 2. The first-order valence-electron chi connectivity index (χ1n) is 19.2. The van der Waals surface area contributed by atoms with Crippen molar-refractivity contribution in [2.24, 2.45) is 0 Å². The minimum absolute atomic E-state index is 0.492. The molecular formula is C36H76N2O6S.